The molecular weight excluding hydrogens is 332 g/mol. The second-order valence-electron chi connectivity index (χ2n) is 7.49. The Hall–Kier alpha value is -1.01. The molecule has 1 aromatic rings. The highest BCUT2D eigenvalue weighted by Gasteiger charge is 2.33. The number of rotatable bonds is 3. The number of carbonyl (C=O) groups is 1. The lowest BCUT2D eigenvalue weighted by atomic mass is 9.90. The molecule has 1 aliphatic carbocycles. The fourth-order valence-corrected chi connectivity index (χ4v) is 5.54. The fourth-order valence-electron chi connectivity index (χ4n) is 4.60. The molecule has 1 amide bonds. The summed E-state index contributed by atoms with van der Waals surface area (Å²) in [5.41, 5.74) is 3.34. The van der Waals surface area contributed by atoms with Crippen molar-refractivity contribution in [3.05, 3.63) is 17.0 Å². The molecule has 1 unspecified atom stereocenters. The molecule has 5 nitrogen and oxygen atoms in total. The molecule has 0 saturated carbocycles. The van der Waals surface area contributed by atoms with Crippen molar-refractivity contribution >= 4 is 17.7 Å². The van der Waals surface area contributed by atoms with Crippen LogP contribution in [0.25, 0.3) is 0 Å². The Morgan fingerprint density at radius 1 is 1.16 bits per heavy atom. The van der Waals surface area contributed by atoms with Gasteiger partial charge in [0, 0.05) is 61.5 Å². The van der Waals surface area contributed by atoms with E-state index in [1.54, 1.807) is 0 Å². The molecule has 6 heteroatoms. The molecule has 2 fully saturated rings. The van der Waals surface area contributed by atoms with E-state index in [9.17, 15) is 4.79 Å². The highest BCUT2D eigenvalue weighted by molar-refractivity contribution is 7.99. The maximum atomic E-state index is 13.1. The van der Waals surface area contributed by atoms with Gasteiger partial charge in [-0.15, -0.1) is 0 Å². The number of piperidine rings is 1. The highest BCUT2D eigenvalue weighted by atomic mass is 32.2. The molecular formula is C19H30N4OS. The van der Waals surface area contributed by atoms with E-state index in [0.717, 1.165) is 51.0 Å². The van der Waals surface area contributed by atoms with Crippen LogP contribution in [0.3, 0.4) is 0 Å². The van der Waals surface area contributed by atoms with Crippen LogP contribution in [0.4, 0.5) is 0 Å². The average molecular weight is 363 g/mol. The number of aromatic nitrogens is 2. The number of hydrogen-bond acceptors (Lipinski definition) is 4. The van der Waals surface area contributed by atoms with Crippen LogP contribution in [0.5, 0.6) is 0 Å². The molecule has 3 heterocycles. The zero-order chi connectivity index (χ0) is 17.2. The maximum absolute atomic E-state index is 13.1. The van der Waals surface area contributed by atoms with Crippen molar-refractivity contribution in [2.75, 3.05) is 37.7 Å². The molecule has 4 rings (SSSR count). The minimum absolute atomic E-state index is 0.179. The fraction of sp³-hybridized carbons (Fsp3) is 0.789. The number of amides is 1. The zero-order valence-corrected chi connectivity index (χ0v) is 16.2. The molecule has 0 N–H and O–H groups in total. The Bertz CT molecular complexity index is 617. The van der Waals surface area contributed by atoms with Gasteiger partial charge in [0.1, 0.15) is 0 Å². The standard InChI is InChI=1S/C19H30N4OS/c1-2-23-17-7-6-15(21-10-12-25-13-11-21)14-16(17)18(20-23)19(24)22-8-4-3-5-9-22/h15H,2-14H2,1H3. The van der Waals surface area contributed by atoms with Crippen molar-refractivity contribution in [3.63, 3.8) is 0 Å². The van der Waals surface area contributed by atoms with E-state index < -0.39 is 0 Å². The first-order valence-corrected chi connectivity index (χ1v) is 11.1. The molecule has 0 bridgehead atoms. The van der Waals surface area contributed by atoms with Gasteiger partial charge in [0.05, 0.1) is 0 Å². The number of carbonyl (C=O) groups excluding carboxylic acids is 1. The van der Waals surface area contributed by atoms with Crippen molar-refractivity contribution in [1.82, 2.24) is 19.6 Å². The van der Waals surface area contributed by atoms with Gasteiger partial charge in [0.25, 0.3) is 5.91 Å². The van der Waals surface area contributed by atoms with Crippen LogP contribution in [0.2, 0.25) is 0 Å². The first-order valence-electron chi connectivity index (χ1n) is 9.97. The van der Waals surface area contributed by atoms with Gasteiger partial charge in [-0.3, -0.25) is 14.4 Å². The van der Waals surface area contributed by atoms with Crippen molar-refractivity contribution in [3.8, 4) is 0 Å². The number of aryl methyl sites for hydroxylation is 1. The second-order valence-corrected chi connectivity index (χ2v) is 8.71. The van der Waals surface area contributed by atoms with Gasteiger partial charge in [0.2, 0.25) is 0 Å². The first kappa shape index (κ1) is 17.4. The predicted molar refractivity (Wildman–Crippen MR) is 102 cm³/mol. The van der Waals surface area contributed by atoms with Crippen molar-refractivity contribution in [2.45, 2.75) is 58.0 Å². The van der Waals surface area contributed by atoms with E-state index in [2.05, 4.69) is 28.3 Å². The van der Waals surface area contributed by atoms with E-state index in [4.69, 9.17) is 5.10 Å². The molecule has 0 aromatic carbocycles. The summed E-state index contributed by atoms with van der Waals surface area (Å²) in [7, 11) is 0. The Labute approximate surface area is 155 Å². The highest BCUT2D eigenvalue weighted by Crippen LogP contribution is 2.30. The normalized spacial score (nSPS) is 25.0. The van der Waals surface area contributed by atoms with Crippen LogP contribution in [0.15, 0.2) is 0 Å². The summed E-state index contributed by atoms with van der Waals surface area (Å²) in [5.74, 6) is 2.67. The van der Waals surface area contributed by atoms with Crippen LogP contribution >= 0.6 is 11.8 Å². The third-order valence-electron chi connectivity index (χ3n) is 6.03. The predicted octanol–water partition coefficient (Wildman–Crippen LogP) is 2.44. The monoisotopic (exact) mass is 362 g/mol. The molecule has 0 radical (unpaired) electrons. The van der Waals surface area contributed by atoms with Gasteiger partial charge in [0.15, 0.2) is 5.69 Å². The Kier molecular flexibility index (Phi) is 5.36. The number of thioether (sulfide) groups is 1. The van der Waals surface area contributed by atoms with E-state index in [1.165, 1.54) is 48.7 Å². The summed E-state index contributed by atoms with van der Waals surface area (Å²) in [6, 6.07) is 0.593. The molecule has 3 aliphatic rings. The number of hydrogen-bond donors (Lipinski definition) is 0. The van der Waals surface area contributed by atoms with Crippen LogP contribution in [-0.2, 0) is 19.4 Å². The summed E-state index contributed by atoms with van der Waals surface area (Å²) in [5, 5.41) is 4.77. The molecule has 1 atom stereocenters. The van der Waals surface area contributed by atoms with Gasteiger partial charge < -0.3 is 4.90 Å². The molecule has 0 spiro atoms. The molecule has 25 heavy (non-hydrogen) atoms. The Balaban J connectivity index is 1.58. The van der Waals surface area contributed by atoms with Crippen molar-refractivity contribution < 1.29 is 4.79 Å². The quantitative estimate of drug-likeness (QED) is 0.828. The van der Waals surface area contributed by atoms with E-state index in [0.29, 0.717) is 6.04 Å². The number of fused-ring (bicyclic) bond motifs is 1. The lowest BCUT2D eigenvalue weighted by Crippen LogP contribution is -2.44. The summed E-state index contributed by atoms with van der Waals surface area (Å²) in [4.78, 5) is 17.8. The number of nitrogens with zero attached hydrogens (tertiary/aromatic N) is 4. The van der Waals surface area contributed by atoms with E-state index >= 15 is 0 Å². The molecule has 2 aliphatic heterocycles. The minimum Gasteiger partial charge on any atom is -0.337 e. The lowest BCUT2D eigenvalue weighted by molar-refractivity contribution is 0.0715. The summed E-state index contributed by atoms with van der Waals surface area (Å²) in [6.07, 6.45) is 6.81. The summed E-state index contributed by atoms with van der Waals surface area (Å²) < 4.78 is 2.09. The molecule has 1 aromatic heterocycles. The first-order chi connectivity index (χ1) is 12.3. The largest absolute Gasteiger partial charge is 0.337 e. The van der Waals surface area contributed by atoms with Crippen LogP contribution in [0, 0.1) is 0 Å². The minimum atomic E-state index is 0.179. The van der Waals surface area contributed by atoms with Gasteiger partial charge >= 0.3 is 0 Å². The van der Waals surface area contributed by atoms with Gasteiger partial charge in [-0.25, -0.2) is 0 Å². The van der Waals surface area contributed by atoms with Crippen molar-refractivity contribution in [2.24, 2.45) is 0 Å². The lowest BCUT2D eigenvalue weighted by Gasteiger charge is -2.37. The smallest absolute Gasteiger partial charge is 0.274 e. The summed E-state index contributed by atoms with van der Waals surface area (Å²) in [6.45, 7) is 7.19. The second kappa shape index (κ2) is 7.70. The molecule has 2 saturated heterocycles. The van der Waals surface area contributed by atoms with Gasteiger partial charge in [-0.1, -0.05) is 0 Å². The van der Waals surface area contributed by atoms with Crippen LogP contribution in [-0.4, -0.2) is 69.2 Å². The van der Waals surface area contributed by atoms with Gasteiger partial charge in [-0.05, 0) is 45.4 Å². The third-order valence-corrected chi connectivity index (χ3v) is 6.97. The molecule has 138 valence electrons. The van der Waals surface area contributed by atoms with Crippen LogP contribution < -0.4 is 0 Å². The zero-order valence-electron chi connectivity index (χ0n) is 15.4. The third kappa shape index (κ3) is 3.47. The van der Waals surface area contributed by atoms with E-state index in [1.807, 2.05) is 4.90 Å². The Morgan fingerprint density at radius 3 is 2.64 bits per heavy atom. The summed E-state index contributed by atoms with van der Waals surface area (Å²) >= 11 is 2.06. The number of likely N-dealkylation sites (tertiary alicyclic amines) is 1. The Morgan fingerprint density at radius 2 is 1.92 bits per heavy atom. The maximum Gasteiger partial charge on any atom is 0.274 e. The topological polar surface area (TPSA) is 41.4 Å². The van der Waals surface area contributed by atoms with Gasteiger partial charge in [-0.2, -0.15) is 16.9 Å². The average Bonchev–Trinajstić information content (AvgIpc) is 3.06. The van der Waals surface area contributed by atoms with Crippen molar-refractivity contribution in [1.29, 1.82) is 0 Å². The van der Waals surface area contributed by atoms with E-state index in [-0.39, 0.29) is 5.91 Å². The van der Waals surface area contributed by atoms with Crippen LogP contribution in [0.1, 0.15) is 54.4 Å². The SMILES string of the molecule is CCn1nc(C(=O)N2CCCCC2)c2c1CCC(N1CCSCC1)C2.